The van der Waals surface area contributed by atoms with Crippen LogP contribution in [0.25, 0.3) is 44.4 Å². The van der Waals surface area contributed by atoms with Gasteiger partial charge in [-0.2, -0.15) is 5.26 Å². The highest BCUT2D eigenvalue weighted by molar-refractivity contribution is 5.91. The van der Waals surface area contributed by atoms with E-state index in [2.05, 4.69) is 86.3 Å². The molecule has 0 bridgehead atoms. The molecule has 8 rings (SSSR count). The van der Waals surface area contributed by atoms with E-state index in [-0.39, 0.29) is 42.2 Å². The van der Waals surface area contributed by atoms with E-state index in [0.717, 1.165) is 69.5 Å². The maximum atomic E-state index is 14.0. The molecule has 2 aliphatic heterocycles. The molecule has 2 saturated heterocycles. The van der Waals surface area contributed by atoms with Crippen LogP contribution in [0.2, 0.25) is 0 Å². The Bertz CT molecular complexity index is 2640. The molecule has 1 spiro atoms. The van der Waals surface area contributed by atoms with Gasteiger partial charge in [-0.1, -0.05) is 83.1 Å². The summed E-state index contributed by atoms with van der Waals surface area (Å²) in [5.74, 6) is 0.615. The fourth-order valence-corrected chi connectivity index (χ4v) is 9.17. The average molecular weight is 869 g/mol. The molecule has 16 nitrogen and oxygen atoms in total. The van der Waals surface area contributed by atoms with Crippen LogP contribution in [0, 0.1) is 28.1 Å². The summed E-state index contributed by atoms with van der Waals surface area (Å²) in [7, 11) is 2.54. The molecule has 334 valence electrons. The van der Waals surface area contributed by atoms with E-state index in [0.29, 0.717) is 12.4 Å². The molecule has 2 aromatic heterocycles. The van der Waals surface area contributed by atoms with Crippen molar-refractivity contribution in [3.63, 3.8) is 0 Å². The summed E-state index contributed by atoms with van der Waals surface area (Å²) in [6, 6.07) is 20.5. The van der Waals surface area contributed by atoms with Gasteiger partial charge in [0.1, 0.15) is 29.3 Å². The van der Waals surface area contributed by atoms with Gasteiger partial charge >= 0.3 is 12.2 Å². The number of aromatic amines is 2. The number of rotatable bonds is 10. The first-order valence-corrected chi connectivity index (χ1v) is 21.7. The van der Waals surface area contributed by atoms with Crippen molar-refractivity contribution in [1.29, 1.82) is 5.26 Å². The highest BCUT2D eigenvalue weighted by atomic mass is 16.5. The first kappa shape index (κ1) is 43.9. The van der Waals surface area contributed by atoms with Crippen LogP contribution in [0.15, 0.2) is 73.1 Å². The lowest BCUT2D eigenvalue weighted by atomic mass is 9.85. The Hall–Kier alpha value is -6.73. The number of carbonyl (C=O) groups is 4. The van der Waals surface area contributed by atoms with Crippen LogP contribution < -0.4 is 16.4 Å². The molecule has 5 aromatic rings. The fraction of sp³-hybridized carbons (Fsp3) is 0.438. The number of benzene rings is 3. The number of nitrogens with two attached hydrogens (primary N) is 1. The second kappa shape index (κ2) is 16.8. The number of H-pyrrole nitrogens is 2. The number of hydrogen-bond acceptors (Lipinski definition) is 10. The number of nitrogens with one attached hydrogen (secondary N) is 4. The van der Waals surface area contributed by atoms with Crippen LogP contribution >= 0.6 is 0 Å². The van der Waals surface area contributed by atoms with Gasteiger partial charge in [0.05, 0.1) is 62.7 Å². The zero-order valence-corrected chi connectivity index (χ0v) is 37.3. The predicted molar refractivity (Wildman–Crippen MR) is 240 cm³/mol. The van der Waals surface area contributed by atoms with Gasteiger partial charge in [-0.25, -0.2) is 19.6 Å². The van der Waals surface area contributed by atoms with Crippen molar-refractivity contribution in [2.24, 2.45) is 22.5 Å². The number of likely N-dealkylation sites (tertiary alicyclic amines) is 2. The van der Waals surface area contributed by atoms with Crippen molar-refractivity contribution in [3.8, 4) is 39.7 Å². The van der Waals surface area contributed by atoms with Crippen LogP contribution in [0.5, 0.6) is 0 Å². The molecule has 1 saturated carbocycles. The lowest BCUT2D eigenvalue weighted by Crippen LogP contribution is -2.55. The standard InChI is InChI=1S/C48H56N10O6/c1-27(2)38(55-44(61)63-6)42(59)57-25-47(16-17-47)20-36(57)40-51-22-34(53-40)29-10-8-28(9-11-29)30-12-13-32-19-33(15-14-31(32)18-30)35-23-52-41(54-35)37-21-48(50,24-49)26-58(37)43(60)39(46(3,4)5)56-45(62)64-7/h8-15,18-19,22-23,27,36-39H,16-17,20-21,25-26,50H2,1-7H3,(H,51,53)(H,52,54)(H,55,61)(H,56,62)/t36-,37-,38-,39+,48-/m0/s1. The third kappa shape index (κ3) is 8.64. The second-order valence-electron chi connectivity index (χ2n) is 19.2. The smallest absolute Gasteiger partial charge is 0.407 e. The Kier molecular flexibility index (Phi) is 11.5. The van der Waals surface area contributed by atoms with Gasteiger partial charge in [0.25, 0.3) is 0 Å². The van der Waals surface area contributed by atoms with Crippen LogP contribution in [0.1, 0.15) is 84.0 Å². The minimum absolute atomic E-state index is 0.0222. The van der Waals surface area contributed by atoms with Gasteiger partial charge in [-0.05, 0) is 75.6 Å². The molecule has 0 radical (unpaired) electrons. The van der Waals surface area contributed by atoms with E-state index >= 15 is 0 Å². The van der Waals surface area contributed by atoms with Crippen molar-refractivity contribution >= 4 is 34.8 Å². The number of nitrogens with zero attached hydrogens (tertiary/aromatic N) is 5. The highest BCUT2D eigenvalue weighted by Gasteiger charge is 2.55. The number of carbonyl (C=O) groups excluding carboxylic acids is 4. The Morgan fingerprint density at radius 3 is 1.84 bits per heavy atom. The molecular weight excluding hydrogens is 813 g/mol. The summed E-state index contributed by atoms with van der Waals surface area (Å²) in [5, 5.41) is 17.5. The minimum Gasteiger partial charge on any atom is -0.453 e. The monoisotopic (exact) mass is 868 g/mol. The lowest BCUT2D eigenvalue weighted by Gasteiger charge is -2.35. The molecule has 16 heteroatoms. The van der Waals surface area contributed by atoms with E-state index < -0.39 is 41.3 Å². The van der Waals surface area contributed by atoms with E-state index in [1.165, 1.54) is 19.1 Å². The number of amides is 4. The van der Waals surface area contributed by atoms with Gasteiger partial charge in [0.2, 0.25) is 11.8 Å². The van der Waals surface area contributed by atoms with Crippen molar-refractivity contribution in [3.05, 3.63) is 84.7 Å². The van der Waals surface area contributed by atoms with E-state index in [1.807, 2.05) is 51.8 Å². The zero-order chi connectivity index (χ0) is 45.7. The molecule has 64 heavy (non-hydrogen) atoms. The van der Waals surface area contributed by atoms with E-state index in [9.17, 15) is 24.4 Å². The molecule has 3 aliphatic rings. The SMILES string of the molecule is COC(=O)N[C@H](C(=O)N1CC2(CC2)C[C@H]1c1ncc(-c2ccc(-c3ccc4cc(-c5cnc([C@@H]6C[C@](N)(C#N)CN6C(=O)[C@@H](NC(=O)OC)C(C)(C)C)[nH]5)ccc4c3)cc2)[nH]1)C(C)C. The van der Waals surface area contributed by atoms with Crippen LogP contribution in [0.4, 0.5) is 9.59 Å². The van der Waals surface area contributed by atoms with E-state index in [1.54, 1.807) is 6.20 Å². The largest absolute Gasteiger partial charge is 0.453 e. The average Bonchev–Trinajstić information content (AvgIpc) is 3.73. The molecule has 5 atom stereocenters. The summed E-state index contributed by atoms with van der Waals surface area (Å²) in [4.78, 5) is 72.1. The third-order valence-electron chi connectivity index (χ3n) is 13.1. The van der Waals surface area contributed by atoms with E-state index in [4.69, 9.17) is 20.2 Å². The Labute approximate surface area is 372 Å². The molecule has 0 unspecified atom stereocenters. The Balaban J connectivity index is 0.974. The van der Waals surface area contributed by atoms with Gasteiger partial charge in [0.15, 0.2) is 0 Å². The Morgan fingerprint density at radius 1 is 0.766 bits per heavy atom. The van der Waals surface area contributed by atoms with Gasteiger partial charge in [-0.3, -0.25) is 9.59 Å². The van der Waals surface area contributed by atoms with Crippen LogP contribution in [-0.4, -0.2) is 98.7 Å². The topological polar surface area (TPSA) is 224 Å². The normalized spacial score (nSPS) is 21.1. The number of fused-ring (bicyclic) bond motifs is 1. The van der Waals surface area contributed by atoms with Crippen molar-refractivity contribution < 1.29 is 28.7 Å². The molecule has 1 aliphatic carbocycles. The first-order chi connectivity index (χ1) is 30.4. The van der Waals surface area contributed by atoms with Crippen molar-refractivity contribution in [2.45, 2.75) is 90.0 Å². The third-order valence-corrected chi connectivity index (χ3v) is 13.1. The molecule has 6 N–H and O–H groups in total. The number of nitriles is 1. The van der Waals surface area contributed by atoms with Crippen LogP contribution in [0.3, 0.4) is 0 Å². The first-order valence-electron chi connectivity index (χ1n) is 21.7. The number of ether oxygens (including phenoxy) is 2. The van der Waals surface area contributed by atoms with Crippen molar-refractivity contribution in [1.82, 2.24) is 40.4 Å². The van der Waals surface area contributed by atoms with Crippen LogP contribution in [-0.2, 0) is 19.1 Å². The zero-order valence-electron chi connectivity index (χ0n) is 37.3. The fourth-order valence-electron chi connectivity index (χ4n) is 9.17. The van der Waals surface area contributed by atoms with Gasteiger partial charge < -0.3 is 45.6 Å². The van der Waals surface area contributed by atoms with Gasteiger partial charge in [0, 0.05) is 18.5 Å². The highest BCUT2D eigenvalue weighted by Crippen LogP contribution is 2.58. The molecule has 4 amide bonds. The molecular formula is C48H56N10O6. The van der Waals surface area contributed by atoms with Crippen molar-refractivity contribution in [2.75, 3.05) is 27.3 Å². The molecule has 3 fully saturated rings. The number of alkyl carbamates (subject to hydrolysis) is 2. The summed E-state index contributed by atoms with van der Waals surface area (Å²) in [6.07, 6.45) is 5.33. The Morgan fingerprint density at radius 2 is 1.28 bits per heavy atom. The minimum atomic E-state index is -1.30. The summed E-state index contributed by atoms with van der Waals surface area (Å²) < 4.78 is 9.62. The lowest BCUT2D eigenvalue weighted by molar-refractivity contribution is -0.137. The summed E-state index contributed by atoms with van der Waals surface area (Å²) in [6.45, 7) is 9.98. The summed E-state index contributed by atoms with van der Waals surface area (Å²) in [5.41, 5.74) is 10.2. The molecule has 4 heterocycles. The number of aromatic nitrogens is 4. The number of hydrogen-bond donors (Lipinski definition) is 5. The maximum Gasteiger partial charge on any atom is 0.407 e. The quantitative estimate of drug-likeness (QED) is 0.0968. The second-order valence-corrected chi connectivity index (χ2v) is 19.2. The molecule has 3 aromatic carbocycles. The number of methoxy groups -OCH3 is 2. The predicted octanol–water partition coefficient (Wildman–Crippen LogP) is 6.99. The van der Waals surface area contributed by atoms with Gasteiger partial charge in [-0.15, -0.1) is 0 Å². The summed E-state index contributed by atoms with van der Waals surface area (Å²) >= 11 is 0. The number of imidazole rings is 2. The maximum absolute atomic E-state index is 14.0.